The molecule has 1 heterocycles. The van der Waals surface area contributed by atoms with Crippen molar-refractivity contribution < 1.29 is 15.3 Å². The molecule has 0 bridgehead atoms. The van der Waals surface area contributed by atoms with Crippen LogP contribution in [0.4, 0.5) is 10.8 Å². The number of aliphatic hydroxyl groups excluding tert-OH is 1. The van der Waals surface area contributed by atoms with E-state index in [-0.39, 0.29) is 23.5 Å². The van der Waals surface area contributed by atoms with Crippen molar-refractivity contribution in [3.63, 3.8) is 0 Å². The Hall–Kier alpha value is -1.73. The normalized spacial score (nSPS) is 38.4. The number of rotatable bonds is 3. The summed E-state index contributed by atoms with van der Waals surface area (Å²) in [7, 11) is 0. The standard InChI is InChI=1S/C29H38N2O2S.C2H5O/c1-18-4-7-20(8-5-18)30-26-31-25(17-34-26)29(33)15-12-24-22-9-6-19-16-21(32)10-13-27(19,2)23(22)11-14-28(24,29)3;1-2-3/h4-5,7-8,16-17,21-24,32-33H,6,9-15H2,1-3H3,(H,30,31);2H2,1H3/q;-1/t21-,22+,23-,24-,27-,28-,29-;/m0./s1. The molecule has 5 nitrogen and oxygen atoms in total. The highest BCUT2D eigenvalue weighted by molar-refractivity contribution is 7.13. The summed E-state index contributed by atoms with van der Waals surface area (Å²) in [6.45, 7) is 8.48. The number of aliphatic hydroxyl groups is 2. The molecule has 0 saturated heterocycles. The second-order valence-electron chi connectivity index (χ2n) is 12.3. The third kappa shape index (κ3) is 4.48. The molecular weight excluding hydrogens is 480 g/mol. The van der Waals surface area contributed by atoms with E-state index in [0.717, 1.165) is 55.0 Å². The zero-order valence-electron chi connectivity index (χ0n) is 22.8. The Morgan fingerprint density at radius 3 is 2.49 bits per heavy atom. The predicted molar refractivity (Wildman–Crippen MR) is 149 cm³/mol. The summed E-state index contributed by atoms with van der Waals surface area (Å²) in [5.74, 6) is 1.88. The lowest BCUT2D eigenvalue weighted by atomic mass is 9.46. The number of aryl methyl sites for hydroxylation is 1. The van der Waals surface area contributed by atoms with E-state index in [0.29, 0.717) is 17.8 Å². The van der Waals surface area contributed by atoms with Crippen LogP contribution in [0.25, 0.3) is 0 Å². The Bertz CT molecular complexity index is 1130. The maximum Gasteiger partial charge on any atom is 0.187 e. The molecule has 7 atom stereocenters. The van der Waals surface area contributed by atoms with Crippen molar-refractivity contribution in [2.24, 2.45) is 28.6 Å². The van der Waals surface area contributed by atoms with E-state index in [1.807, 2.05) is 0 Å². The van der Waals surface area contributed by atoms with Gasteiger partial charge in [0.2, 0.25) is 0 Å². The van der Waals surface area contributed by atoms with Crippen LogP contribution < -0.4 is 10.4 Å². The Balaban J connectivity index is 0.000000892. The lowest BCUT2D eigenvalue weighted by Crippen LogP contribution is -2.54. The van der Waals surface area contributed by atoms with Crippen molar-refractivity contribution in [2.45, 2.75) is 90.8 Å². The molecule has 0 spiro atoms. The topological polar surface area (TPSA) is 88.4 Å². The fraction of sp³-hybridized carbons (Fsp3) is 0.645. The lowest BCUT2D eigenvalue weighted by molar-refractivity contribution is -0.361. The number of benzene rings is 1. The van der Waals surface area contributed by atoms with Crippen molar-refractivity contribution in [2.75, 3.05) is 11.9 Å². The second-order valence-corrected chi connectivity index (χ2v) is 13.2. The van der Waals surface area contributed by atoms with Crippen LogP contribution in [0.2, 0.25) is 0 Å². The molecule has 0 unspecified atom stereocenters. The number of anilines is 2. The van der Waals surface area contributed by atoms with Gasteiger partial charge in [-0.25, -0.2) is 4.98 Å². The van der Waals surface area contributed by atoms with Gasteiger partial charge in [0, 0.05) is 16.5 Å². The average molecular weight is 524 g/mol. The summed E-state index contributed by atoms with van der Waals surface area (Å²) in [5, 5.41) is 37.8. The van der Waals surface area contributed by atoms with Crippen LogP contribution in [0.1, 0.15) is 83.4 Å². The van der Waals surface area contributed by atoms with Gasteiger partial charge in [0.1, 0.15) is 5.60 Å². The Morgan fingerprint density at radius 2 is 1.76 bits per heavy atom. The molecule has 0 radical (unpaired) electrons. The van der Waals surface area contributed by atoms with Gasteiger partial charge in [-0.05, 0) is 93.6 Å². The van der Waals surface area contributed by atoms with Crippen molar-refractivity contribution in [3.05, 3.63) is 52.6 Å². The highest BCUT2D eigenvalue weighted by atomic mass is 32.1. The van der Waals surface area contributed by atoms with Crippen LogP contribution in [-0.4, -0.2) is 27.9 Å². The third-order valence-electron chi connectivity index (χ3n) is 10.5. The highest BCUT2D eigenvalue weighted by Gasteiger charge is 2.65. The molecule has 3 fully saturated rings. The van der Waals surface area contributed by atoms with Crippen LogP contribution in [-0.2, 0) is 5.60 Å². The molecule has 3 saturated carbocycles. The van der Waals surface area contributed by atoms with Crippen LogP contribution in [0.5, 0.6) is 0 Å². The number of thiazole rings is 1. The summed E-state index contributed by atoms with van der Waals surface area (Å²) in [6, 6.07) is 8.36. The predicted octanol–water partition coefficient (Wildman–Crippen LogP) is 6.07. The fourth-order valence-corrected chi connectivity index (χ4v) is 9.23. The third-order valence-corrected chi connectivity index (χ3v) is 11.2. The molecule has 3 N–H and O–H groups in total. The molecule has 6 heteroatoms. The van der Waals surface area contributed by atoms with Crippen LogP contribution >= 0.6 is 11.3 Å². The Kier molecular flexibility index (Phi) is 7.34. The van der Waals surface area contributed by atoms with Crippen LogP contribution in [0.15, 0.2) is 41.3 Å². The average Bonchev–Trinajstić information content (AvgIpc) is 3.45. The Labute approximate surface area is 226 Å². The van der Waals surface area contributed by atoms with E-state index in [2.05, 4.69) is 61.8 Å². The zero-order chi connectivity index (χ0) is 26.4. The van der Waals surface area contributed by atoms with Gasteiger partial charge in [-0.1, -0.05) is 50.1 Å². The minimum absolute atomic E-state index is 0. The molecule has 37 heavy (non-hydrogen) atoms. The fourth-order valence-electron chi connectivity index (χ4n) is 8.43. The maximum absolute atomic E-state index is 12.2. The first-order chi connectivity index (χ1) is 17.6. The second kappa shape index (κ2) is 10.1. The first kappa shape index (κ1) is 26.9. The summed E-state index contributed by atoms with van der Waals surface area (Å²) >= 11 is 1.60. The SMILES string of the molecule is CC[O-].Cc1ccc(Nc2nc([C@@]3(O)CC[C@H]4[C@@H]5CCC6=C[C@@H](O)CC[C@]6(C)[C@H]5CC[C@@]43C)cs2)cc1. The minimum atomic E-state index is -0.855. The molecule has 2 aromatic rings. The number of fused-ring (bicyclic) bond motifs is 5. The number of nitrogens with one attached hydrogen (secondary N) is 1. The van der Waals surface area contributed by atoms with E-state index < -0.39 is 5.60 Å². The molecule has 0 amide bonds. The lowest BCUT2D eigenvalue weighted by Gasteiger charge is -2.59. The monoisotopic (exact) mass is 523 g/mol. The zero-order valence-corrected chi connectivity index (χ0v) is 23.6. The quantitative estimate of drug-likeness (QED) is 0.425. The first-order valence-corrected chi connectivity index (χ1v) is 15.0. The van der Waals surface area contributed by atoms with Crippen molar-refractivity contribution >= 4 is 22.2 Å². The molecule has 202 valence electrons. The molecule has 1 aromatic heterocycles. The van der Waals surface area contributed by atoms with Gasteiger partial charge in [-0.3, -0.25) is 0 Å². The first-order valence-electron chi connectivity index (χ1n) is 14.1. The van der Waals surface area contributed by atoms with E-state index in [1.54, 1.807) is 18.3 Å². The molecule has 0 aliphatic heterocycles. The molecule has 6 rings (SSSR count). The summed E-state index contributed by atoms with van der Waals surface area (Å²) in [4.78, 5) is 4.93. The Morgan fingerprint density at radius 1 is 1.05 bits per heavy atom. The van der Waals surface area contributed by atoms with Gasteiger partial charge in [-0.15, -0.1) is 17.9 Å². The van der Waals surface area contributed by atoms with E-state index >= 15 is 0 Å². The summed E-state index contributed by atoms with van der Waals surface area (Å²) in [5.41, 5.74) is 3.89. The van der Waals surface area contributed by atoms with Crippen LogP contribution in [0, 0.1) is 35.5 Å². The van der Waals surface area contributed by atoms with E-state index in [1.165, 1.54) is 24.0 Å². The van der Waals surface area contributed by atoms with Crippen molar-refractivity contribution in [1.29, 1.82) is 0 Å². The molecular formula is C31H43N2O3S-. The number of aromatic nitrogens is 1. The van der Waals surface area contributed by atoms with Gasteiger partial charge in [0.05, 0.1) is 11.8 Å². The molecule has 1 aromatic carbocycles. The summed E-state index contributed by atoms with van der Waals surface area (Å²) in [6.07, 6.45) is 10.4. The number of hydrogen-bond donors (Lipinski definition) is 3. The van der Waals surface area contributed by atoms with Gasteiger partial charge in [-0.2, -0.15) is 0 Å². The summed E-state index contributed by atoms with van der Waals surface area (Å²) < 4.78 is 0. The highest BCUT2D eigenvalue weighted by Crippen LogP contribution is 2.69. The van der Waals surface area contributed by atoms with E-state index in [4.69, 9.17) is 10.1 Å². The van der Waals surface area contributed by atoms with Gasteiger partial charge >= 0.3 is 0 Å². The van der Waals surface area contributed by atoms with Gasteiger partial charge in [0.15, 0.2) is 5.13 Å². The number of hydrogen-bond acceptors (Lipinski definition) is 6. The molecule has 4 aliphatic carbocycles. The minimum Gasteiger partial charge on any atom is -0.855 e. The van der Waals surface area contributed by atoms with Crippen molar-refractivity contribution in [3.8, 4) is 0 Å². The molecule has 4 aliphatic rings. The van der Waals surface area contributed by atoms with E-state index in [9.17, 15) is 10.2 Å². The maximum atomic E-state index is 12.2. The largest absolute Gasteiger partial charge is 0.855 e. The van der Waals surface area contributed by atoms with Crippen LogP contribution in [0.3, 0.4) is 0 Å². The van der Waals surface area contributed by atoms with Crippen molar-refractivity contribution in [1.82, 2.24) is 4.98 Å². The van der Waals surface area contributed by atoms with Gasteiger partial charge in [0.25, 0.3) is 0 Å². The van der Waals surface area contributed by atoms with Gasteiger partial charge < -0.3 is 20.6 Å². The smallest absolute Gasteiger partial charge is 0.187 e. The number of nitrogens with zero attached hydrogens (tertiary/aromatic N) is 1. The number of allylic oxidation sites excluding steroid dienone is 1.